The Bertz CT molecular complexity index is 302. The molecule has 1 aliphatic heterocycles. The Balaban J connectivity index is 2.21. The molecule has 0 aliphatic carbocycles. The summed E-state index contributed by atoms with van der Waals surface area (Å²) >= 11 is 11.9. The highest BCUT2D eigenvalue weighted by Gasteiger charge is 2.14. The van der Waals surface area contributed by atoms with Crippen molar-refractivity contribution in [1.29, 1.82) is 0 Å². The van der Waals surface area contributed by atoms with E-state index in [9.17, 15) is 0 Å². The van der Waals surface area contributed by atoms with Gasteiger partial charge in [0.05, 0.1) is 0 Å². The molecule has 0 aromatic heterocycles. The van der Waals surface area contributed by atoms with Gasteiger partial charge in [-0.3, -0.25) is 0 Å². The molecule has 0 radical (unpaired) electrons. The molecule has 1 fully saturated rings. The van der Waals surface area contributed by atoms with Crippen LogP contribution in [0.25, 0.3) is 0 Å². The summed E-state index contributed by atoms with van der Waals surface area (Å²) in [4.78, 5) is 0. The Hall–Kier alpha value is -0.280. The number of piperazine rings is 1. The fraction of sp³-hybridized carbons (Fsp3) is 0.400. The quantitative estimate of drug-likeness (QED) is 0.774. The Morgan fingerprint density at radius 3 is 2.36 bits per heavy atom. The van der Waals surface area contributed by atoms with Crippen LogP contribution in [0.4, 0.5) is 0 Å². The minimum Gasteiger partial charge on any atom is -0.314 e. The average Bonchev–Trinajstić information content (AvgIpc) is 2.18. The van der Waals surface area contributed by atoms with Crippen molar-refractivity contribution in [3.8, 4) is 0 Å². The molecule has 76 valence electrons. The fourth-order valence-electron chi connectivity index (χ4n) is 1.67. The predicted molar refractivity (Wildman–Crippen MR) is 60.1 cm³/mol. The Morgan fingerprint density at radius 2 is 1.79 bits per heavy atom. The van der Waals surface area contributed by atoms with Crippen LogP contribution in [-0.4, -0.2) is 19.6 Å². The van der Waals surface area contributed by atoms with E-state index in [1.807, 2.05) is 12.1 Å². The van der Waals surface area contributed by atoms with Crippen LogP contribution in [0.1, 0.15) is 11.6 Å². The second-order valence-corrected chi connectivity index (χ2v) is 4.29. The molecular weight excluding hydrogens is 219 g/mol. The molecule has 1 aromatic rings. The van der Waals surface area contributed by atoms with Crippen molar-refractivity contribution in [2.45, 2.75) is 6.04 Å². The van der Waals surface area contributed by atoms with Gasteiger partial charge in [0, 0.05) is 35.7 Å². The highest BCUT2D eigenvalue weighted by Crippen LogP contribution is 2.23. The summed E-state index contributed by atoms with van der Waals surface area (Å²) in [6.07, 6.45) is 0. The SMILES string of the molecule is Clc1cc(Cl)cc([C@H]2CNCCN2)c1. The van der Waals surface area contributed by atoms with Gasteiger partial charge in [-0.2, -0.15) is 0 Å². The summed E-state index contributed by atoms with van der Waals surface area (Å²) in [7, 11) is 0. The smallest absolute Gasteiger partial charge is 0.0448 e. The minimum absolute atomic E-state index is 0.319. The highest BCUT2D eigenvalue weighted by atomic mass is 35.5. The van der Waals surface area contributed by atoms with Crippen LogP contribution in [-0.2, 0) is 0 Å². The minimum atomic E-state index is 0.319. The van der Waals surface area contributed by atoms with E-state index in [0.29, 0.717) is 16.1 Å². The first-order valence-corrected chi connectivity index (χ1v) is 5.41. The van der Waals surface area contributed by atoms with Crippen LogP contribution in [0, 0.1) is 0 Å². The first-order valence-electron chi connectivity index (χ1n) is 4.66. The molecule has 1 aromatic carbocycles. The lowest BCUT2D eigenvalue weighted by Crippen LogP contribution is -2.42. The first kappa shape index (κ1) is 10.2. The normalized spacial score (nSPS) is 22.3. The molecule has 1 atom stereocenters. The highest BCUT2D eigenvalue weighted by molar-refractivity contribution is 6.34. The number of nitrogens with one attached hydrogen (secondary N) is 2. The standard InChI is InChI=1S/C10H12Cl2N2/c11-8-3-7(4-9(12)5-8)10-6-13-1-2-14-10/h3-5,10,13-14H,1-2,6H2/t10-/m1/s1. The Morgan fingerprint density at radius 1 is 1.07 bits per heavy atom. The van der Waals surface area contributed by atoms with Gasteiger partial charge in [0.25, 0.3) is 0 Å². The molecule has 0 saturated carbocycles. The first-order chi connectivity index (χ1) is 6.75. The lowest BCUT2D eigenvalue weighted by molar-refractivity contribution is 0.430. The molecular formula is C10H12Cl2N2. The van der Waals surface area contributed by atoms with Gasteiger partial charge < -0.3 is 10.6 Å². The fourth-order valence-corrected chi connectivity index (χ4v) is 2.21. The molecule has 1 heterocycles. The predicted octanol–water partition coefficient (Wildman–Crippen LogP) is 2.23. The zero-order valence-corrected chi connectivity index (χ0v) is 9.20. The van der Waals surface area contributed by atoms with Gasteiger partial charge in [0.2, 0.25) is 0 Å². The summed E-state index contributed by atoms with van der Waals surface area (Å²) in [6, 6.07) is 5.99. The number of benzene rings is 1. The maximum Gasteiger partial charge on any atom is 0.0448 e. The molecule has 0 unspecified atom stereocenters. The number of halogens is 2. The largest absolute Gasteiger partial charge is 0.314 e. The van der Waals surface area contributed by atoms with Gasteiger partial charge in [-0.1, -0.05) is 23.2 Å². The third-order valence-electron chi connectivity index (χ3n) is 2.33. The Kier molecular flexibility index (Phi) is 3.29. The summed E-state index contributed by atoms with van der Waals surface area (Å²) in [5.41, 5.74) is 1.15. The molecule has 0 spiro atoms. The topological polar surface area (TPSA) is 24.1 Å². The van der Waals surface area contributed by atoms with Crippen molar-refractivity contribution in [1.82, 2.24) is 10.6 Å². The molecule has 2 N–H and O–H groups in total. The van der Waals surface area contributed by atoms with Crippen LogP contribution < -0.4 is 10.6 Å². The molecule has 0 amide bonds. The van der Waals surface area contributed by atoms with Crippen molar-refractivity contribution >= 4 is 23.2 Å². The van der Waals surface area contributed by atoms with Gasteiger partial charge in [0.1, 0.15) is 0 Å². The van der Waals surface area contributed by atoms with Crippen LogP contribution in [0.15, 0.2) is 18.2 Å². The van der Waals surface area contributed by atoms with Crippen molar-refractivity contribution in [3.63, 3.8) is 0 Å². The van der Waals surface area contributed by atoms with Gasteiger partial charge in [0.15, 0.2) is 0 Å². The summed E-state index contributed by atoms with van der Waals surface area (Å²) in [5.74, 6) is 0. The lowest BCUT2D eigenvalue weighted by atomic mass is 10.1. The molecule has 14 heavy (non-hydrogen) atoms. The van der Waals surface area contributed by atoms with E-state index in [2.05, 4.69) is 10.6 Å². The number of hydrogen-bond donors (Lipinski definition) is 2. The van der Waals surface area contributed by atoms with Gasteiger partial charge >= 0.3 is 0 Å². The van der Waals surface area contributed by atoms with E-state index in [1.165, 1.54) is 0 Å². The molecule has 1 saturated heterocycles. The second kappa shape index (κ2) is 4.49. The van der Waals surface area contributed by atoms with Crippen LogP contribution in [0.5, 0.6) is 0 Å². The monoisotopic (exact) mass is 230 g/mol. The van der Waals surface area contributed by atoms with E-state index in [-0.39, 0.29) is 0 Å². The van der Waals surface area contributed by atoms with Gasteiger partial charge in [-0.15, -0.1) is 0 Å². The molecule has 2 rings (SSSR count). The molecule has 1 aliphatic rings. The second-order valence-electron chi connectivity index (χ2n) is 3.41. The third kappa shape index (κ3) is 2.39. The van der Waals surface area contributed by atoms with E-state index in [0.717, 1.165) is 25.2 Å². The maximum absolute atomic E-state index is 5.94. The van der Waals surface area contributed by atoms with Crippen LogP contribution in [0.2, 0.25) is 10.0 Å². The maximum atomic E-state index is 5.94. The van der Waals surface area contributed by atoms with Crippen LogP contribution >= 0.6 is 23.2 Å². The lowest BCUT2D eigenvalue weighted by Gasteiger charge is -2.25. The summed E-state index contributed by atoms with van der Waals surface area (Å²) in [6.45, 7) is 2.93. The van der Waals surface area contributed by atoms with E-state index < -0.39 is 0 Å². The number of rotatable bonds is 1. The molecule has 2 nitrogen and oxygen atoms in total. The number of hydrogen-bond acceptors (Lipinski definition) is 2. The van der Waals surface area contributed by atoms with E-state index in [4.69, 9.17) is 23.2 Å². The molecule has 0 bridgehead atoms. The zero-order chi connectivity index (χ0) is 9.97. The average molecular weight is 231 g/mol. The van der Waals surface area contributed by atoms with Gasteiger partial charge in [-0.05, 0) is 23.8 Å². The zero-order valence-electron chi connectivity index (χ0n) is 7.69. The van der Waals surface area contributed by atoms with Crippen molar-refractivity contribution < 1.29 is 0 Å². The summed E-state index contributed by atoms with van der Waals surface area (Å²) < 4.78 is 0. The third-order valence-corrected chi connectivity index (χ3v) is 2.76. The van der Waals surface area contributed by atoms with Crippen molar-refractivity contribution in [2.24, 2.45) is 0 Å². The summed E-state index contributed by atoms with van der Waals surface area (Å²) in [5, 5.41) is 8.12. The van der Waals surface area contributed by atoms with E-state index in [1.54, 1.807) is 6.07 Å². The van der Waals surface area contributed by atoms with Crippen LogP contribution in [0.3, 0.4) is 0 Å². The van der Waals surface area contributed by atoms with E-state index >= 15 is 0 Å². The Labute approximate surface area is 93.6 Å². The van der Waals surface area contributed by atoms with Crippen molar-refractivity contribution in [3.05, 3.63) is 33.8 Å². The van der Waals surface area contributed by atoms with Gasteiger partial charge in [-0.25, -0.2) is 0 Å². The van der Waals surface area contributed by atoms with Crippen molar-refractivity contribution in [2.75, 3.05) is 19.6 Å². The molecule has 4 heteroatoms.